The molecule has 0 aromatic rings. The highest BCUT2D eigenvalue weighted by Crippen LogP contribution is 2.35. The van der Waals surface area contributed by atoms with Crippen molar-refractivity contribution in [1.82, 2.24) is 5.32 Å². The number of piperidine rings is 1. The predicted molar refractivity (Wildman–Crippen MR) is 63.1 cm³/mol. The highest BCUT2D eigenvalue weighted by atomic mass is 16.5. The molecule has 1 N–H and O–H groups in total. The van der Waals surface area contributed by atoms with Crippen LogP contribution in [0.1, 0.15) is 44.9 Å². The van der Waals surface area contributed by atoms with E-state index in [1.165, 1.54) is 45.6 Å². The number of hydrogen-bond acceptors (Lipinski definition) is 3. The number of esters is 1. The van der Waals surface area contributed by atoms with E-state index in [4.69, 9.17) is 4.74 Å². The van der Waals surface area contributed by atoms with Gasteiger partial charge in [0, 0.05) is 0 Å². The molecule has 0 unspecified atom stereocenters. The zero-order chi connectivity index (χ0) is 11.4. The van der Waals surface area contributed by atoms with Crippen molar-refractivity contribution in [2.75, 3.05) is 13.7 Å². The molecule has 3 heteroatoms. The molecule has 1 heterocycles. The van der Waals surface area contributed by atoms with Crippen LogP contribution in [0.4, 0.5) is 0 Å². The van der Waals surface area contributed by atoms with Crippen LogP contribution in [0.25, 0.3) is 0 Å². The Balaban J connectivity index is 1.87. The van der Waals surface area contributed by atoms with E-state index in [2.05, 4.69) is 5.32 Å². The minimum Gasteiger partial charge on any atom is -0.468 e. The monoisotopic (exact) mass is 225 g/mol. The molecule has 1 aliphatic heterocycles. The van der Waals surface area contributed by atoms with E-state index in [9.17, 15) is 4.79 Å². The Morgan fingerprint density at radius 1 is 1.12 bits per heavy atom. The van der Waals surface area contributed by atoms with Crippen molar-refractivity contribution in [2.24, 2.45) is 11.8 Å². The van der Waals surface area contributed by atoms with Gasteiger partial charge >= 0.3 is 5.97 Å². The van der Waals surface area contributed by atoms with Crippen LogP contribution < -0.4 is 5.32 Å². The van der Waals surface area contributed by atoms with Crippen LogP contribution in [0.15, 0.2) is 0 Å². The number of ether oxygens (including phenoxy) is 1. The van der Waals surface area contributed by atoms with Crippen LogP contribution >= 0.6 is 0 Å². The van der Waals surface area contributed by atoms with E-state index in [1.54, 1.807) is 0 Å². The highest BCUT2D eigenvalue weighted by Gasteiger charge is 2.32. The van der Waals surface area contributed by atoms with Crippen LogP contribution in [0.2, 0.25) is 0 Å². The summed E-state index contributed by atoms with van der Waals surface area (Å²) in [7, 11) is 1.48. The molecule has 1 aliphatic carbocycles. The van der Waals surface area contributed by atoms with E-state index in [-0.39, 0.29) is 12.0 Å². The van der Waals surface area contributed by atoms with Crippen LogP contribution in [0.3, 0.4) is 0 Å². The van der Waals surface area contributed by atoms with Crippen molar-refractivity contribution in [3.63, 3.8) is 0 Å². The Morgan fingerprint density at radius 3 is 2.56 bits per heavy atom. The van der Waals surface area contributed by atoms with E-state index in [0.29, 0.717) is 0 Å². The van der Waals surface area contributed by atoms with E-state index >= 15 is 0 Å². The van der Waals surface area contributed by atoms with Crippen molar-refractivity contribution in [1.29, 1.82) is 0 Å². The van der Waals surface area contributed by atoms with Crippen molar-refractivity contribution >= 4 is 5.97 Å². The van der Waals surface area contributed by atoms with Crippen molar-refractivity contribution in [3.05, 3.63) is 0 Å². The molecule has 0 radical (unpaired) electrons. The molecule has 2 atom stereocenters. The summed E-state index contributed by atoms with van der Waals surface area (Å²) in [5.41, 5.74) is 0. The number of carbonyl (C=O) groups excluding carboxylic acids is 1. The molecule has 2 rings (SSSR count). The molecular weight excluding hydrogens is 202 g/mol. The molecule has 0 aromatic heterocycles. The van der Waals surface area contributed by atoms with Gasteiger partial charge in [0.25, 0.3) is 0 Å². The molecular formula is C13H23NO2. The van der Waals surface area contributed by atoms with Gasteiger partial charge in [-0.05, 0) is 31.2 Å². The summed E-state index contributed by atoms with van der Waals surface area (Å²) in [6.45, 7) is 0.973. The maximum atomic E-state index is 11.5. The van der Waals surface area contributed by atoms with Gasteiger partial charge in [0.05, 0.1) is 7.11 Å². The van der Waals surface area contributed by atoms with Gasteiger partial charge in [-0.1, -0.05) is 32.1 Å². The molecule has 1 saturated carbocycles. The van der Waals surface area contributed by atoms with Crippen molar-refractivity contribution < 1.29 is 9.53 Å². The summed E-state index contributed by atoms with van der Waals surface area (Å²) in [5.74, 6) is 1.52. The Kier molecular flexibility index (Phi) is 4.22. The molecule has 16 heavy (non-hydrogen) atoms. The van der Waals surface area contributed by atoms with Gasteiger partial charge in [-0.15, -0.1) is 0 Å². The molecule has 0 amide bonds. The van der Waals surface area contributed by atoms with E-state index in [0.717, 1.165) is 24.8 Å². The fourth-order valence-electron chi connectivity index (χ4n) is 3.30. The lowest BCUT2D eigenvalue weighted by atomic mass is 9.74. The summed E-state index contributed by atoms with van der Waals surface area (Å²) in [4.78, 5) is 11.5. The summed E-state index contributed by atoms with van der Waals surface area (Å²) >= 11 is 0. The van der Waals surface area contributed by atoms with Gasteiger partial charge in [-0.3, -0.25) is 4.79 Å². The molecule has 1 saturated heterocycles. The molecule has 3 nitrogen and oxygen atoms in total. The molecule has 2 fully saturated rings. The second-order valence-electron chi connectivity index (χ2n) is 5.21. The lowest BCUT2D eigenvalue weighted by Crippen LogP contribution is -2.45. The fourth-order valence-corrected chi connectivity index (χ4v) is 3.30. The fraction of sp³-hybridized carbons (Fsp3) is 0.923. The first-order valence-corrected chi connectivity index (χ1v) is 6.62. The number of carbonyl (C=O) groups is 1. The Labute approximate surface area is 97.9 Å². The summed E-state index contributed by atoms with van der Waals surface area (Å²) in [6.07, 6.45) is 9.14. The van der Waals surface area contributed by atoms with E-state index < -0.39 is 0 Å². The van der Waals surface area contributed by atoms with E-state index in [1.807, 2.05) is 0 Å². The Morgan fingerprint density at radius 2 is 1.88 bits per heavy atom. The zero-order valence-electron chi connectivity index (χ0n) is 10.2. The lowest BCUT2D eigenvalue weighted by molar-refractivity contribution is -0.144. The van der Waals surface area contributed by atoms with Crippen LogP contribution in [0, 0.1) is 11.8 Å². The quantitative estimate of drug-likeness (QED) is 0.731. The van der Waals surface area contributed by atoms with Gasteiger partial charge in [0.15, 0.2) is 0 Å². The molecule has 0 bridgehead atoms. The smallest absolute Gasteiger partial charge is 0.322 e. The molecule has 0 aromatic carbocycles. The molecule has 2 aliphatic rings. The first-order valence-electron chi connectivity index (χ1n) is 6.62. The first-order chi connectivity index (χ1) is 7.81. The van der Waals surface area contributed by atoms with Crippen LogP contribution in [-0.2, 0) is 9.53 Å². The number of hydrogen-bond donors (Lipinski definition) is 1. The van der Waals surface area contributed by atoms with Crippen molar-refractivity contribution in [2.45, 2.75) is 51.0 Å². The minimum atomic E-state index is -0.0829. The normalized spacial score (nSPS) is 32.3. The van der Waals surface area contributed by atoms with Gasteiger partial charge in [-0.2, -0.15) is 0 Å². The summed E-state index contributed by atoms with van der Waals surface area (Å²) in [6, 6.07) is -0.0503. The number of rotatable bonds is 2. The summed E-state index contributed by atoms with van der Waals surface area (Å²) in [5, 5.41) is 3.26. The second kappa shape index (κ2) is 5.67. The predicted octanol–water partition coefficient (Wildman–Crippen LogP) is 2.11. The number of nitrogens with one attached hydrogen (secondary N) is 1. The van der Waals surface area contributed by atoms with Crippen LogP contribution in [0.5, 0.6) is 0 Å². The standard InChI is InChI=1S/C13H23NO2/c1-16-13(15)12-9-11(7-8-14-12)10-5-3-2-4-6-10/h10-12,14H,2-9H2,1H3/t11-,12+/m0/s1. The topological polar surface area (TPSA) is 38.3 Å². The van der Waals surface area contributed by atoms with Gasteiger partial charge in [-0.25, -0.2) is 0 Å². The highest BCUT2D eigenvalue weighted by molar-refractivity contribution is 5.75. The van der Waals surface area contributed by atoms with Gasteiger partial charge < -0.3 is 10.1 Å². The SMILES string of the molecule is COC(=O)[C@H]1C[C@@H](C2CCCCC2)CCN1. The summed E-state index contributed by atoms with van der Waals surface area (Å²) < 4.78 is 4.82. The second-order valence-corrected chi connectivity index (χ2v) is 5.21. The largest absolute Gasteiger partial charge is 0.468 e. The average Bonchev–Trinajstić information content (AvgIpc) is 2.39. The zero-order valence-corrected chi connectivity index (χ0v) is 10.2. The molecule has 0 spiro atoms. The third kappa shape index (κ3) is 2.76. The average molecular weight is 225 g/mol. The maximum absolute atomic E-state index is 11.5. The lowest BCUT2D eigenvalue weighted by Gasteiger charge is -2.36. The van der Waals surface area contributed by atoms with Gasteiger partial charge in [0.1, 0.15) is 6.04 Å². The molecule has 92 valence electrons. The maximum Gasteiger partial charge on any atom is 0.322 e. The number of methoxy groups -OCH3 is 1. The van der Waals surface area contributed by atoms with Crippen molar-refractivity contribution in [3.8, 4) is 0 Å². The Bertz CT molecular complexity index is 236. The third-order valence-electron chi connectivity index (χ3n) is 4.25. The minimum absolute atomic E-state index is 0.0503. The Hall–Kier alpha value is -0.570. The third-order valence-corrected chi connectivity index (χ3v) is 4.25. The van der Waals surface area contributed by atoms with Gasteiger partial charge in [0.2, 0.25) is 0 Å². The first kappa shape index (κ1) is 11.9. The van der Waals surface area contributed by atoms with Crippen LogP contribution in [-0.4, -0.2) is 25.7 Å².